The van der Waals surface area contributed by atoms with Crippen molar-refractivity contribution < 1.29 is 13.6 Å². The highest BCUT2D eigenvalue weighted by molar-refractivity contribution is 6.06. The number of nitrogens with zero attached hydrogens (tertiary/aromatic N) is 1. The first-order valence-electron chi connectivity index (χ1n) is 10.3. The van der Waals surface area contributed by atoms with E-state index in [0.29, 0.717) is 17.6 Å². The minimum absolute atomic E-state index is 0.0102. The van der Waals surface area contributed by atoms with Crippen LogP contribution >= 0.6 is 0 Å². The number of H-pyrrole nitrogens is 2. The predicted molar refractivity (Wildman–Crippen MR) is 121 cm³/mol. The van der Waals surface area contributed by atoms with Crippen molar-refractivity contribution in [3.05, 3.63) is 98.3 Å². The number of aryl methyl sites for hydroxylation is 1. The van der Waals surface area contributed by atoms with Gasteiger partial charge in [0.2, 0.25) is 5.71 Å². The summed E-state index contributed by atoms with van der Waals surface area (Å²) in [5.41, 5.74) is 0.728. The van der Waals surface area contributed by atoms with Gasteiger partial charge in [0.25, 0.3) is 11.5 Å². The lowest BCUT2D eigenvalue weighted by Crippen LogP contribution is -2.34. The molecule has 0 aliphatic rings. The summed E-state index contributed by atoms with van der Waals surface area (Å²) >= 11 is 0. The van der Waals surface area contributed by atoms with Gasteiger partial charge in [0.1, 0.15) is 17.0 Å². The van der Waals surface area contributed by atoms with Crippen LogP contribution < -0.4 is 16.6 Å². The van der Waals surface area contributed by atoms with Crippen LogP contribution in [0.5, 0.6) is 0 Å². The van der Waals surface area contributed by atoms with Gasteiger partial charge in [-0.3, -0.25) is 14.6 Å². The fraction of sp³-hybridized carbons (Fsp3) is 0.125. The highest BCUT2D eigenvalue weighted by Crippen LogP contribution is 2.22. The summed E-state index contributed by atoms with van der Waals surface area (Å²) in [7, 11) is 0. The summed E-state index contributed by atoms with van der Waals surface area (Å²) in [6.07, 6.45) is 2.27. The Bertz CT molecular complexity index is 1630. The van der Waals surface area contributed by atoms with Crippen molar-refractivity contribution in [2.75, 3.05) is 6.54 Å². The summed E-state index contributed by atoms with van der Waals surface area (Å²) in [5, 5.41) is 3.69. The quantitative estimate of drug-likeness (QED) is 0.385. The van der Waals surface area contributed by atoms with Gasteiger partial charge in [-0.1, -0.05) is 18.2 Å². The molecule has 3 heterocycles. The number of hydrogen-bond donors (Lipinski definition) is 3. The smallest absolute Gasteiger partial charge is 0.335 e. The van der Waals surface area contributed by atoms with Gasteiger partial charge in [0, 0.05) is 23.6 Å². The number of nitrogens with one attached hydrogen (secondary N) is 3. The van der Waals surface area contributed by atoms with E-state index in [4.69, 9.17) is 4.42 Å². The van der Waals surface area contributed by atoms with Crippen molar-refractivity contribution in [3.8, 4) is 5.69 Å². The standard InChI is InChI=1S/C24H19FN4O4/c1-13-19(21(30)26-10-9-14-12-27-18-11-15(25)7-8-17(14)18)20-22(33-13)28-24(32)29(23(20)31)16-5-3-2-4-6-16/h2-8,11-12,27H,9-10H2,1H3,(H,26,30)(H,28,32). The van der Waals surface area contributed by atoms with Crippen LogP contribution in [0.1, 0.15) is 21.7 Å². The van der Waals surface area contributed by atoms with E-state index in [1.807, 2.05) is 0 Å². The number of benzene rings is 2. The molecule has 3 N–H and O–H groups in total. The van der Waals surface area contributed by atoms with E-state index in [1.54, 1.807) is 49.5 Å². The van der Waals surface area contributed by atoms with Crippen molar-refractivity contribution in [1.82, 2.24) is 19.9 Å². The SMILES string of the molecule is Cc1oc2[nH]c(=O)n(-c3ccccc3)c(=O)c2c1C(=O)NCCc1c[nH]c2cc(F)ccc12. The van der Waals surface area contributed by atoms with Crippen molar-refractivity contribution in [2.45, 2.75) is 13.3 Å². The second kappa shape index (κ2) is 7.94. The third kappa shape index (κ3) is 3.53. The van der Waals surface area contributed by atoms with Crippen LogP contribution in [0.2, 0.25) is 0 Å². The summed E-state index contributed by atoms with van der Waals surface area (Å²) in [6.45, 7) is 1.85. The largest absolute Gasteiger partial charge is 0.444 e. The molecule has 0 bridgehead atoms. The third-order valence-corrected chi connectivity index (χ3v) is 5.58. The number of halogens is 1. The van der Waals surface area contributed by atoms with Gasteiger partial charge in [0.05, 0.1) is 11.3 Å². The number of rotatable bonds is 5. The Labute approximate surface area is 185 Å². The monoisotopic (exact) mass is 446 g/mol. The number of aromatic nitrogens is 3. The average Bonchev–Trinajstić information content (AvgIpc) is 3.34. The van der Waals surface area contributed by atoms with Gasteiger partial charge in [-0.2, -0.15) is 0 Å². The molecule has 0 fully saturated rings. The second-order valence-electron chi connectivity index (χ2n) is 7.65. The van der Waals surface area contributed by atoms with Crippen LogP contribution in [0.25, 0.3) is 27.7 Å². The maximum absolute atomic E-state index is 13.4. The fourth-order valence-electron chi connectivity index (χ4n) is 4.04. The molecule has 0 atom stereocenters. The number of aromatic amines is 2. The van der Waals surface area contributed by atoms with Gasteiger partial charge >= 0.3 is 5.69 Å². The zero-order valence-electron chi connectivity index (χ0n) is 17.6. The molecule has 0 unspecified atom stereocenters. The van der Waals surface area contributed by atoms with Crippen LogP contribution in [0.3, 0.4) is 0 Å². The van der Waals surface area contributed by atoms with Gasteiger partial charge < -0.3 is 14.7 Å². The normalized spacial score (nSPS) is 11.3. The molecule has 3 aromatic heterocycles. The van der Waals surface area contributed by atoms with E-state index in [-0.39, 0.29) is 34.8 Å². The first kappa shape index (κ1) is 20.5. The van der Waals surface area contributed by atoms with E-state index in [1.165, 1.54) is 12.1 Å². The summed E-state index contributed by atoms with van der Waals surface area (Å²) in [4.78, 5) is 44.2. The molecule has 166 valence electrons. The third-order valence-electron chi connectivity index (χ3n) is 5.58. The zero-order chi connectivity index (χ0) is 23.1. The van der Waals surface area contributed by atoms with E-state index >= 15 is 0 Å². The Morgan fingerprint density at radius 2 is 1.94 bits per heavy atom. The molecule has 8 nitrogen and oxygen atoms in total. The molecule has 0 saturated carbocycles. The molecule has 0 saturated heterocycles. The molecule has 1 amide bonds. The minimum Gasteiger partial charge on any atom is -0.444 e. The Morgan fingerprint density at radius 1 is 1.15 bits per heavy atom. The van der Waals surface area contributed by atoms with Gasteiger partial charge in [-0.25, -0.2) is 13.8 Å². The van der Waals surface area contributed by atoms with Crippen molar-refractivity contribution in [3.63, 3.8) is 0 Å². The van der Waals surface area contributed by atoms with Crippen LogP contribution in [0.15, 0.2) is 68.7 Å². The molecule has 0 spiro atoms. The molecule has 9 heteroatoms. The number of furan rings is 1. The summed E-state index contributed by atoms with van der Waals surface area (Å²) < 4.78 is 19.9. The van der Waals surface area contributed by atoms with Crippen LogP contribution in [0, 0.1) is 12.7 Å². The predicted octanol–water partition coefficient (Wildman–Crippen LogP) is 3.17. The lowest BCUT2D eigenvalue weighted by atomic mass is 10.1. The number of carbonyl (C=O) groups is 1. The summed E-state index contributed by atoms with van der Waals surface area (Å²) in [6, 6.07) is 12.9. The number of para-hydroxylation sites is 1. The molecule has 5 rings (SSSR count). The van der Waals surface area contributed by atoms with E-state index in [2.05, 4.69) is 15.3 Å². The van der Waals surface area contributed by atoms with Crippen LogP contribution in [-0.4, -0.2) is 27.0 Å². The molecule has 5 aromatic rings. The number of fused-ring (bicyclic) bond motifs is 2. The molecule has 33 heavy (non-hydrogen) atoms. The molecule has 2 aromatic carbocycles. The van der Waals surface area contributed by atoms with E-state index in [9.17, 15) is 18.8 Å². The maximum atomic E-state index is 13.4. The Kier molecular flexibility index (Phi) is 4.93. The summed E-state index contributed by atoms with van der Waals surface area (Å²) in [5.74, 6) is -0.588. The average molecular weight is 446 g/mol. The fourth-order valence-corrected chi connectivity index (χ4v) is 4.04. The van der Waals surface area contributed by atoms with Gasteiger partial charge in [-0.15, -0.1) is 0 Å². The lowest BCUT2D eigenvalue weighted by Gasteiger charge is -2.06. The lowest BCUT2D eigenvalue weighted by molar-refractivity contribution is 0.0954. The minimum atomic E-state index is -0.657. The first-order valence-corrected chi connectivity index (χ1v) is 10.3. The van der Waals surface area contributed by atoms with Crippen LogP contribution in [-0.2, 0) is 6.42 Å². The molecule has 0 radical (unpaired) electrons. The van der Waals surface area contributed by atoms with E-state index in [0.717, 1.165) is 15.5 Å². The highest BCUT2D eigenvalue weighted by atomic mass is 19.1. The van der Waals surface area contributed by atoms with Gasteiger partial charge in [0.15, 0.2) is 0 Å². The first-order chi connectivity index (χ1) is 15.9. The Balaban J connectivity index is 1.45. The topological polar surface area (TPSA) is 113 Å². The van der Waals surface area contributed by atoms with Crippen LogP contribution in [0.4, 0.5) is 4.39 Å². The number of carbonyl (C=O) groups excluding carboxylic acids is 1. The van der Waals surface area contributed by atoms with Crippen molar-refractivity contribution in [1.29, 1.82) is 0 Å². The zero-order valence-corrected chi connectivity index (χ0v) is 17.6. The molecular formula is C24H19FN4O4. The molecule has 0 aliphatic heterocycles. The number of amides is 1. The highest BCUT2D eigenvalue weighted by Gasteiger charge is 2.24. The number of hydrogen-bond acceptors (Lipinski definition) is 4. The molecular weight excluding hydrogens is 427 g/mol. The molecule has 0 aliphatic carbocycles. The van der Waals surface area contributed by atoms with Crippen molar-refractivity contribution >= 4 is 27.9 Å². The Hall–Kier alpha value is -4.40. The second-order valence-corrected chi connectivity index (χ2v) is 7.65. The Morgan fingerprint density at radius 3 is 2.73 bits per heavy atom. The van der Waals surface area contributed by atoms with E-state index < -0.39 is 17.2 Å². The van der Waals surface area contributed by atoms with Gasteiger partial charge in [-0.05, 0) is 49.2 Å². The maximum Gasteiger partial charge on any atom is 0.335 e. The van der Waals surface area contributed by atoms with Crippen molar-refractivity contribution in [2.24, 2.45) is 0 Å².